The summed E-state index contributed by atoms with van der Waals surface area (Å²) in [7, 11) is 0. The molecule has 4 fully saturated rings. The molecule has 0 aromatic rings. The minimum atomic E-state index is -4.05. The minimum Gasteiger partial charge on any atom is -0.325 e. The fourth-order valence-corrected chi connectivity index (χ4v) is 4.67. The van der Waals surface area contributed by atoms with Crippen molar-refractivity contribution in [3.05, 3.63) is 0 Å². The van der Waals surface area contributed by atoms with Crippen LogP contribution in [0, 0.1) is 17.3 Å². The monoisotopic (exact) mass is 219 g/mol. The van der Waals surface area contributed by atoms with Crippen molar-refractivity contribution in [2.45, 2.75) is 50.2 Å². The Morgan fingerprint density at radius 2 is 1.53 bits per heavy atom. The fraction of sp³-hybridized carbons (Fsp3) is 1.00. The van der Waals surface area contributed by atoms with Crippen LogP contribution in [0.4, 0.5) is 13.2 Å². The van der Waals surface area contributed by atoms with Crippen LogP contribution in [0.1, 0.15) is 38.5 Å². The van der Waals surface area contributed by atoms with Crippen LogP contribution < -0.4 is 5.73 Å². The van der Waals surface area contributed by atoms with Gasteiger partial charge in [0.05, 0.1) is 5.41 Å². The van der Waals surface area contributed by atoms with Gasteiger partial charge in [0.15, 0.2) is 0 Å². The topological polar surface area (TPSA) is 26.0 Å². The summed E-state index contributed by atoms with van der Waals surface area (Å²) in [6, 6.07) is 0. The van der Waals surface area contributed by atoms with Crippen LogP contribution >= 0.6 is 0 Å². The van der Waals surface area contributed by atoms with Gasteiger partial charge in [0.1, 0.15) is 0 Å². The van der Waals surface area contributed by atoms with Crippen LogP contribution in [0.15, 0.2) is 0 Å². The highest BCUT2D eigenvalue weighted by molar-refractivity contribution is 5.12. The van der Waals surface area contributed by atoms with Gasteiger partial charge in [-0.25, -0.2) is 0 Å². The number of nitrogens with two attached hydrogens (primary N) is 1. The van der Waals surface area contributed by atoms with E-state index < -0.39 is 17.1 Å². The van der Waals surface area contributed by atoms with Crippen molar-refractivity contribution in [1.29, 1.82) is 0 Å². The first-order valence-electron chi connectivity index (χ1n) is 5.68. The Balaban J connectivity index is 2.00. The third kappa shape index (κ3) is 1.26. The van der Waals surface area contributed by atoms with Crippen LogP contribution in [0.2, 0.25) is 0 Å². The molecule has 0 spiro atoms. The Labute approximate surface area is 87.2 Å². The molecule has 0 unspecified atom stereocenters. The van der Waals surface area contributed by atoms with E-state index in [1.165, 1.54) is 0 Å². The van der Waals surface area contributed by atoms with Crippen molar-refractivity contribution >= 4 is 0 Å². The molecule has 4 heteroatoms. The molecule has 0 radical (unpaired) electrons. The second-order valence-corrected chi connectivity index (χ2v) is 6.10. The van der Waals surface area contributed by atoms with E-state index in [4.69, 9.17) is 5.73 Å². The Bertz CT molecular complexity index is 283. The van der Waals surface area contributed by atoms with Crippen LogP contribution in [0.3, 0.4) is 0 Å². The maximum Gasteiger partial charge on any atom is 0.394 e. The van der Waals surface area contributed by atoms with Gasteiger partial charge in [0.2, 0.25) is 0 Å². The molecule has 0 heterocycles. The van der Waals surface area contributed by atoms with Crippen molar-refractivity contribution in [3.63, 3.8) is 0 Å². The summed E-state index contributed by atoms with van der Waals surface area (Å²) in [5, 5.41) is 0. The first-order chi connectivity index (χ1) is 6.82. The summed E-state index contributed by atoms with van der Waals surface area (Å²) < 4.78 is 39.3. The second-order valence-electron chi connectivity index (χ2n) is 6.10. The zero-order chi connectivity index (χ0) is 10.9. The highest BCUT2D eigenvalue weighted by Gasteiger charge is 2.66. The van der Waals surface area contributed by atoms with Gasteiger partial charge in [0.25, 0.3) is 0 Å². The van der Waals surface area contributed by atoms with Gasteiger partial charge in [-0.2, -0.15) is 13.2 Å². The lowest BCUT2D eigenvalue weighted by atomic mass is 9.47. The predicted molar refractivity (Wildman–Crippen MR) is 50.1 cm³/mol. The zero-order valence-electron chi connectivity index (χ0n) is 8.61. The number of halogens is 3. The molecule has 4 saturated carbocycles. The number of alkyl halides is 3. The molecule has 0 aromatic heterocycles. The van der Waals surface area contributed by atoms with Gasteiger partial charge in [-0.1, -0.05) is 0 Å². The first kappa shape index (κ1) is 9.94. The Hall–Kier alpha value is -0.250. The molecule has 4 aliphatic rings. The van der Waals surface area contributed by atoms with E-state index in [2.05, 4.69) is 0 Å². The van der Waals surface area contributed by atoms with Crippen molar-refractivity contribution in [1.82, 2.24) is 0 Å². The van der Waals surface area contributed by atoms with Gasteiger partial charge in [-0.15, -0.1) is 0 Å². The standard InChI is InChI=1S/C11H16F3N/c12-11(13,14)9-2-7-1-8(3-9)5-10(15,4-7)6-9/h7-8H,1-6,15H2/t7-,8-,9?,10?/m1/s1. The number of hydrogen-bond donors (Lipinski definition) is 1. The molecule has 2 N–H and O–H groups in total. The molecule has 0 aliphatic heterocycles. The van der Waals surface area contributed by atoms with E-state index in [0.717, 1.165) is 19.3 Å². The Kier molecular flexibility index (Phi) is 1.67. The van der Waals surface area contributed by atoms with Crippen molar-refractivity contribution in [2.24, 2.45) is 23.0 Å². The van der Waals surface area contributed by atoms with E-state index in [0.29, 0.717) is 12.8 Å². The number of hydrogen-bond acceptors (Lipinski definition) is 1. The molecule has 86 valence electrons. The van der Waals surface area contributed by atoms with E-state index >= 15 is 0 Å². The SMILES string of the molecule is NC12C[C@@H]3C[C@@H](C1)CC(C(F)(F)F)(C3)C2. The largest absolute Gasteiger partial charge is 0.394 e. The molecular weight excluding hydrogens is 203 g/mol. The molecule has 0 amide bonds. The Morgan fingerprint density at radius 3 is 1.93 bits per heavy atom. The molecule has 0 aromatic carbocycles. The summed E-state index contributed by atoms with van der Waals surface area (Å²) in [6.07, 6.45) is -0.566. The highest BCUT2D eigenvalue weighted by Crippen LogP contribution is 2.65. The zero-order valence-corrected chi connectivity index (χ0v) is 8.61. The van der Waals surface area contributed by atoms with Gasteiger partial charge in [-0.3, -0.25) is 0 Å². The van der Waals surface area contributed by atoms with Crippen molar-refractivity contribution in [3.8, 4) is 0 Å². The molecule has 4 aliphatic carbocycles. The number of rotatable bonds is 0. The molecule has 4 bridgehead atoms. The average molecular weight is 219 g/mol. The minimum absolute atomic E-state index is 0.177. The van der Waals surface area contributed by atoms with E-state index in [-0.39, 0.29) is 18.3 Å². The maximum absolute atomic E-state index is 13.1. The average Bonchev–Trinajstić information content (AvgIpc) is 1.95. The van der Waals surface area contributed by atoms with Gasteiger partial charge < -0.3 is 5.73 Å². The van der Waals surface area contributed by atoms with Gasteiger partial charge in [-0.05, 0) is 50.4 Å². The first-order valence-corrected chi connectivity index (χ1v) is 5.68. The van der Waals surface area contributed by atoms with Crippen molar-refractivity contribution in [2.75, 3.05) is 0 Å². The summed E-state index contributed by atoms with van der Waals surface area (Å²) in [5.41, 5.74) is 4.18. The smallest absolute Gasteiger partial charge is 0.325 e. The molecular formula is C11H16F3N. The van der Waals surface area contributed by atoms with Crippen molar-refractivity contribution < 1.29 is 13.2 Å². The summed E-state index contributed by atoms with van der Waals surface area (Å²) in [5.74, 6) is 0.468. The molecule has 2 atom stereocenters. The van der Waals surface area contributed by atoms with E-state index in [1.54, 1.807) is 0 Å². The Morgan fingerprint density at radius 1 is 1.00 bits per heavy atom. The van der Waals surface area contributed by atoms with Gasteiger partial charge >= 0.3 is 6.18 Å². The van der Waals surface area contributed by atoms with Crippen LogP contribution in [-0.2, 0) is 0 Å². The lowest BCUT2D eigenvalue weighted by molar-refractivity contribution is -0.275. The third-order valence-electron chi connectivity index (χ3n) is 4.71. The maximum atomic E-state index is 13.1. The van der Waals surface area contributed by atoms with E-state index in [9.17, 15) is 13.2 Å². The molecule has 4 rings (SSSR count). The summed E-state index contributed by atoms with van der Waals surface area (Å²) in [6.45, 7) is 0. The van der Waals surface area contributed by atoms with Crippen LogP contribution in [-0.4, -0.2) is 11.7 Å². The normalized spacial score (nSPS) is 53.6. The molecule has 1 nitrogen and oxygen atoms in total. The summed E-state index contributed by atoms with van der Waals surface area (Å²) in [4.78, 5) is 0. The quantitative estimate of drug-likeness (QED) is 0.666. The summed E-state index contributed by atoms with van der Waals surface area (Å²) >= 11 is 0. The second kappa shape index (κ2) is 2.53. The van der Waals surface area contributed by atoms with Crippen LogP contribution in [0.25, 0.3) is 0 Å². The fourth-order valence-electron chi connectivity index (χ4n) is 4.67. The van der Waals surface area contributed by atoms with E-state index in [1.807, 2.05) is 0 Å². The van der Waals surface area contributed by atoms with Crippen LogP contribution in [0.5, 0.6) is 0 Å². The predicted octanol–water partition coefficient (Wildman–Crippen LogP) is 2.85. The molecule has 15 heavy (non-hydrogen) atoms. The lowest BCUT2D eigenvalue weighted by Crippen LogP contribution is -2.63. The van der Waals surface area contributed by atoms with Gasteiger partial charge in [0, 0.05) is 5.54 Å². The highest BCUT2D eigenvalue weighted by atomic mass is 19.4. The third-order valence-corrected chi connectivity index (χ3v) is 4.71. The lowest BCUT2D eigenvalue weighted by Gasteiger charge is -2.61. The molecule has 0 saturated heterocycles.